The number of amides is 2. The molecular weight excluding hydrogens is 268 g/mol. The molecule has 0 bridgehead atoms. The van der Waals surface area contributed by atoms with Gasteiger partial charge in [0.15, 0.2) is 5.82 Å². The molecule has 1 saturated heterocycles. The Balaban J connectivity index is 1.66. The van der Waals surface area contributed by atoms with Crippen molar-refractivity contribution < 1.29 is 4.79 Å². The molecule has 1 unspecified atom stereocenters. The Morgan fingerprint density at radius 2 is 2.05 bits per heavy atom. The molecular formula is C14H26N6O. The lowest BCUT2D eigenvalue weighted by atomic mass is 10.2. The highest BCUT2D eigenvalue weighted by atomic mass is 16.2. The Hall–Kier alpha value is -1.63. The third kappa shape index (κ3) is 5.00. The summed E-state index contributed by atoms with van der Waals surface area (Å²) in [6.07, 6.45) is 6.84. The lowest BCUT2D eigenvalue weighted by Gasteiger charge is -2.20. The van der Waals surface area contributed by atoms with Gasteiger partial charge in [0.25, 0.3) is 0 Å². The van der Waals surface area contributed by atoms with Gasteiger partial charge in [-0.2, -0.15) is 0 Å². The molecule has 0 aliphatic carbocycles. The van der Waals surface area contributed by atoms with Crippen molar-refractivity contribution in [3.63, 3.8) is 0 Å². The SMILES string of the molecule is CC(NC(=O)NCCN1CCCCCC1)c1nncn1C. The van der Waals surface area contributed by atoms with E-state index in [0.29, 0.717) is 6.54 Å². The predicted octanol–water partition coefficient (Wildman–Crippen LogP) is 1.05. The Bertz CT molecular complexity index is 438. The summed E-state index contributed by atoms with van der Waals surface area (Å²) in [7, 11) is 1.87. The number of carbonyl (C=O) groups excluding carboxylic acids is 1. The molecule has 1 aliphatic heterocycles. The van der Waals surface area contributed by atoms with Crippen LogP contribution in [0.25, 0.3) is 0 Å². The molecule has 2 rings (SSSR count). The fourth-order valence-corrected chi connectivity index (χ4v) is 2.68. The van der Waals surface area contributed by atoms with Gasteiger partial charge in [-0.25, -0.2) is 4.79 Å². The van der Waals surface area contributed by atoms with E-state index in [9.17, 15) is 4.79 Å². The van der Waals surface area contributed by atoms with Gasteiger partial charge in [0, 0.05) is 20.1 Å². The van der Waals surface area contributed by atoms with Crippen LogP contribution in [0, 0.1) is 0 Å². The van der Waals surface area contributed by atoms with Crippen molar-refractivity contribution in [1.29, 1.82) is 0 Å². The average molecular weight is 294 g/mol. The van der Waals surface area contributed by atoms with E-state index in [1.165, 1.54) is 25.7 Å². The van der Waals surface area contributed by atoms with Gasteiger partial charge >= 0.3 is 6.03 Å². The van der Waals surface area contributed by atoms with Crippen molar-refractivity contribution in [3.8, 4) is 0 Å². The van der Waals surface area contributed by atoms with Crippen LogP contribution < -0.4 is 10.6 Å². The van der Waals surface area contributed by atoms with E-state index in [-0.39, 0.29) is 12.1 Å². The second kappa shape index (κ2) is 7.97. The van der Waals surface area contributed by atoms with Gasteiger partial charge < -0.3 is 20.1 Å². The number of nitrogens with zero attached hydrogens (tertiary/aromatic N) is 4. The molecule has 2 N–H and O–H groups in total. The summed E-state index contributed by atoms with van der Waals surface area (Å²) in [5, 5.41) is 13.6. The van der Waals surface area contributed by atoms with Crippen LogP contribution in [0.1, 0.15) is 44.5 Å². The number of likely N-dealkylation sites (tertiary alicyclic amines) is 1. The maximum Gasteiger partial charge on any atom is 0.315 e. The summed E-state index contributed by atoms with van der Waals surface area (Å²) in [5.41, 5.74) is 0. The summed E-state index contributed by atoms with van der Waals surface area (Å²) >= 11 is 0. The molecule has 1 atom stereocenters. The van der Waals surface area contributed by atoms with Crippen LogP contribution in [0.4, 0.5) is 4.79 Å². The van der Waals surface area contributed by atoms with Crippen LogP contribution in [-0.2, 0) is 7.05 Å². The summed E-state index contributed by atoms with van der Waals surface area (Å²) in [6.45, 7) is 5.80. The van der Waals surface area contributed by atoms with Crippen LogP contribution in [0.5, 0.6) is 0 Å². The van der Waals surface area contributed by atoms with Crippen LogP contribution >= 0.6 is 0 Å². The van der Waals surface area contributed by atoms with Gasteiger partial charge in [-0.05, 0) is 32.9 Å². The van der Waals surface area contributed by atoms with Gasteiger partial charge in [-0.15, -0.1) is 10.2 Å². The highest BCUT2D eigenvalue weighted by Crippen LogP contribution is 2.09. The number of rotatable bonds is 5. The molecule has 7 nitrogen and oxygen atoms in total. The zero-order valence-corrected chi connectivity index (χ0v) is 13.0. The van der Waals surface area contributed by atoms with Crippen LogP contribution in [0.3, 0.4) is 0 Å². The predicted molar refractivity (Wildman–Crippen MR) is 80.9 cm³/mol. The van der Waals surface area contributed by atoms with Crippen molar-refractivity contribution in [3.05, 3.63) is 12.2 Å². The normalized spacial score (nSPS) is 18.0. The molecule has 1 aromatic rings. The Morgan fingerprint density at radius 1 is 1.33 bits per heavy atom. The molecule has 118 valence electrons. The molecule has 7 heteroatoms. The number of carbonyl (C=O) groups is 1. The molecule has 1 aliphatic rings. The van der Waals surface area contributed by atoms with Crippen molar-refractivity contribution in [2.24, 2.45) is 7.05 Å². The van der Waals surface area contributed by atoms with E-state index >= 15 is 0 Å². The lowest BCUT2D eigenvalue weighted by Crippen LogP contribution is -2.41. The van der Waals surface area contributed by atoms with Crippen molar-refractivity contribution in [2.75, 3.05) is 26.2 Å². The first-order valence-corrected chi connectivity index (χ1v) is 7.77. The van der Waals surface area contributed by atoms with Crippen molar-refractivity contribution in [2.45, 2.75) is 38.6 Å². The van der Waals surface area contributed by atoms with E-state index in [1.807, 2.05) is 18.5 Å². The first-order valence-electron chi connectivity index (χ1n) is 7.77. The van der Waals surface area contributed by atoms with E-state index in [4.69, 9.17) is 0 Å². The molecule has 1 aromatic heterocycles. The lowest BCUT2D eigenvalue weighted by molar-refractivity contribution is 0.232. The van der Waals surface area contributed by atoms with Gasteiger partial charge in [-0.1, -0.05) is 12.8 Å². The number of hydrogen-bond donors (Lipinski definition) is 2. The minimum Gasteiger partial charge on any atom is -0.337 e. The van der Waals surface area contributed by atoms with Crippen LogP contribution in [0.15, 0.2) is 6.33 Å². The molecule has 2 heterocycles. The monoisotopic (exact) mass is 294 g/mol. The molecule has 2 amide bonds. The molecule has 1 fully saturated rings. The Labute approximate surface area is 126 Å². The van der Waals surface area contributed by atoms with Crippen LogP contribution in [0.2, 0.25) is 0 Å². The van der Waals surface area contributed by atoms with Gasteiger partial charge in [0.2, 0.25) is 0 Å². The number of aromatic nitrogens is 3. The highest BCUT2D eigenvalue weighted by molar-refractivity contribution is 5.74. The van der Waals surface area contributed by atoms with Crippen molar-refractivity contribution >= 4 is 6.03 Å². The topological polar surface area (TPSA) is 75.1 Å². The second-order valence-electron chi connectivity index (χ2n) is 5.68. The third-order valence-electron chi connectivity index (χ3n) is 3.89. The zero-order valence-electron chi connectivity index (χ0n) is 13.0. The minimum absolute atomic E-state index is 0.152. The Kier molecular flexibility index (Phi) is 5.98. The van der Waals surface area contributed by atoms with Gasteiger partial charge in [0.05, 0.1) is 6.04 Å². The average Bonchev–Trinajstić information content (AvgIpc) is 2.72. The highest BCUT2D eigenvalue weighted by Gasteiger charge is 2.14. The van der Waals surface area contributed by atoms with E-state index < -0.39 is 0 Å². The largest absolute Gasteiger partial charge is 0.337 e. The summed E-state index contributed by atoms with van der Waals surface area (Å²) < 4.78 is 1.81. The summed E-state index contributed by atoms with van der Waals surface area (Å²) in [6, 6.07) is -0.309. The van der Waals surface area contributed by atoms with Gasteiger partial charge in [-0.3, -0.25) is 0 Å². The number of aryl methyl sites for hydroxylation is 1. The number of nitrogens with one attached hydrogen (secondary N) is 2. The van der Waals surface area contributed by atoms with Crippen molar-refractivity contribution in [1.82, 2.24) is 30.3 Å². The summed E-state index contributed by atoms with van der Waals surface area (Å²) in [5.74, 6) is 0.748. The first kappa shape index (κ1) is 15.8. The summed E-state index contributed by atoms with van der Waals surface area (Å²) in [4.78, 5) is 14.3. The quantitative estimate of drug-likeness (QED) is 0.851. The van der Waals surface area contributed by atoms with E-state index in [0.717, 1.165) is 25.5 Å². The molecule has 0 radical (unpaired) electrons. The van der Waals surface area contributed by atoms with E-state index in [1.54, 1.807) is 6.33 Å². The first-order chi connectivity index (χ1) is 10.2. The fourth-order valence-electron chi connectivity index (χ4n) is 2.68. The molecule has 21 heavy (non-hydrogen) atoms. The Morgan fingerprint density at radius 3 is 2.67 bits per heavy atom. The number of hydrogen-bond acceptors (Lipinski definition) is 4. The minimum atomic E-state index is -0.157. The van der Waals surface area contributed by atoms with Gasteiger partial charge in [0.1, 0.15) is 6.33 Å². The third-order valence-corrected chi connectivity index (χ3v) is 3.89. The molecule has 0 spiro atoms. The second-order valence-corrected chi connectivity index (χ2v) is 5.68. The smallest absolute Gasteiger partial charge is 0.315 e. The zero-order chi connectivity index (χ0) is 15.1. The fraction of sp³-hybridized carbons (Fsp3) is 0.786. The standard InChI is InChI=1S/C14H26N6O/c1-12(13-18-16-11-19(13)2)17-14(21)15-7-10-20-8-5-3-4-6-9-20/h11-12H,3-10H2,1-2H3,(H2,15,17,21). The number of urea groups is 1. The van der Waals surface area contributed by atoms with E-state index in [2.05, 4.69) is 25.7 Å². The maximum absolute atomic E-state index is 11.9. The maximum atomic E-state index is 11.9. The molecule has 0 aromatic carbocycles. The van der Waals surface area contributed by atoms with Crippen LogP contribution in [-0.4, -0.2) is 51.9 Å². The molecule has 0 saturated carbocycles.